The second-order valence-corrected chi connectivity index (χ2v) is 7.56. The summed E-state index contributed by atoms with van der Waals surface area (Å²) in [4.78, 5) is 29.2. The van der Waals surface area contributed by atoms with E-state index in [1.807, 2.05) is 59.5 Å². The van der Waals surface area contributed by atoms with E-state index in [2.05, 4.69) is 0 Å². The summed E-state index contributed by atoms with van der Waals surface area (Å²) in [5.74, 6) is -0.0984. The summed E-state index contributed by atoms with van der Waals surface area (Å²) in [7, 11) is 0. The van der Waals surface area contributed by atoms with E-state index >= 15 is 0 Å². The van der Waals surface area contributed by atoms with Gasteiger partial charge in [-0.1, -0.05) is 48.0 Å². The Hall–Kier alpha value is -2.59. The van der Waals surface area contributed by atoms with Crippen LogP contribution < -0.4 is 0 Å². The fraction of sp³-hybridized carbons (Fsp3) is 0.273. The molecule has 0 N–H and O–H groups in total. The second kappa shape index (κ2) is 7.20. The Labute approximate surface area is 164 Å². The highest BCUT2D eigenvalue weighted by Gasteiger charge is 2.38. The molecule has 1 fully saturated rings. The van der Waals surface area contributed by atoms with Crippen molar-refractivity contribution in [3.05, 3.63) is 75.8 Å². The van der Waals surface area contributed by atoms with Gasteiger partial charge in [0.25, 0.3) is 0 Å². The molecule has 2 aliphatic heterocycles. The molecule has 5 heteroatoms. The fourth-order valence-electron chi connectivity index (χ4n) is 3.96. The normalized spacial score (nSPS) is 19.6. The number of carbonyl (C=O) groups excluding carboxylic acids is 2. The van der Waals surface area contributed by atoms with Crippen LogP contribution in [0, 0.1) is 0 Å². The molecule has 0 spiro atoms. The van der Waals surface area contributed by atoms with Crippen LogP contribution >= 0.6 is 11.6 Å². The molecule has 1 atom stereocenters. The zero-order valence-corrected chi connectivity index (χ0v) is 15.9. The van der Waals surface area contributed by atoms with Gasteiger partial charge in [0.2, 0.25) is 11.8 Å². The standard InChI is InChI=1S/C22H21ClN2O2/c1-15(11-16-5-3-2-4-6-16)22(27)24-13-20-19-12-18(23)8-7-17(19)9-10-25(20)21(26)14-24/h2-8,11-12,20H,9-10,13-14H2,1H3/b15-11+. The monoisotopic (exact) mass is 380 g/mol. The molecule has 0 bridgehead atoms. The van der Waals surface area contributed by atoms with E-state index in [-0.39, 0.29) is 24.4 Å². The fourth-order valence-corrected chi connectivity index (χ4v) is 4.14. The highest BCUT2D eigenvalue weighted by atomic mass is 35.5. The lowest BCUT2D eigenvalue weighted by Gasteiger charge is -2.44. The summed E-state index contributed by atoms with van der Waals surface area (Å²) in [6.45, 7) is 3.12. The molecule has 2 aromatic rings. The molecular formula is C22H21ClN2O2. The van der Waals surface area contributed by atoms with Crippen LogP contribution in [0.2, 0.25) is 5.02 Å². The SMILES string of the molecule is C/C(=C\c1ccccc1)C(=O)N1CC(=O)N2CCc3ccc(Cl)cc3C2C1. The first-order valence-electron chi connectivity index (χ1n) is 9.13. The minimum atomic E-state index is -0.123. The van der Waals surface area contributed by atoms with E-state index in [1.165, 1.54) is 5.56 Å². The predicted octanol–water partition coefficient (Wildman–Crippen LogP) is 3.71. The molecule has 1 unspecified atom stereocenters. The topological polar surface area (TPSA) is 40.6 Å². The zero-order valence-electron chi connectivity index (χ0n) is 15.2. The quantitative estimate of drug-likeness (QED) is 0.745. The van der Waals surface area contributed by atoms with Crippen molar-refractivity contribution < 1.29 is 9.59 Å². The number of carbonyl (C=O) groups is 2. The van der Waals surface area contributed by atoms with Crippen molar-refractivity contribution in [3.63, 3.8) is 0 Å². The summed E-state index contributed by atoms with van der Waals surface area (Å²) in [6.07, 6.45) is 2.69. The van der Waals surface area contributed by atoms with Crippen molar-refractivity contribution in [3.8, 4) is 0 Å². The Bertz CT molecular complexity index is 923. The van der Waals surface area contributed by atoms with E-state index in [1.54, 1.807) is 11.8 Å². The van der Waals surface area contributed by atoms with Crippen LogP contribution in [-0.4, -0.2) is 41.2 Å². The van der Waals surface area contributed by atoms with Crippen molar-refractivity contribution in [1.29, 1.82) is 0 Å². The molecule has 2 heterocycles. The van der Waals surface area contributed by atoms with Crippen LogP contribution in [0.15, 0.2) is 54.1 Å². The number of nitrogens with zero attached hydrogens (tertiary/aromatic N) is 2. The van der Waals surface area contributed by atoms with Gasteiger partial charge in [0, 0.05) is 23.7 Å². The lowest BCUT2D eigenvalue weighted by molar-refractivity contribution is -0.147. The van der Waals surface area contributed by atoms with Crippen molar-refractivity contribution in [2.45, 2.75) is 19.4 Å². The Balaban J connectivity index is 1.60. The van der Waals surface area contributed by atoms with E-state index in [4.69, 9.17) is 11.6 Å². The third kappa shape index (κ3) is 3.50. The molecule has 0 saturated carbocycles. The second-order valence-electron chi connectivity index (χ2n) is 7.12. The first kappa shape index (κ1) is 17.8. The molecule has 0 aliphatic carbocycles. The maximum Gasteiger partial charge on any atom is 0.250 e. The molecule has 2 aliphatic rings. The minimum Gasteiger partial charge on any atom is -0.332 e. The third-order valence-corrected chi connectivity index (χ3v) is 5.55. The Morgan fingerprint density at radius 2 is 1.96 bits per heavy atom. The Kier molecular flexibility index (Phi) is 4.75. The van der Waals surface area contributed by atoms with Crippen molar-refractivity contribution in [2.75, 3.05) is 19.6 Å². The number of rotatable bonds is 2. The highest BCUT2D eigenvalue weighted by Crippen LogP contribution is 2.35. The van der Waals surface area contributed by atoms with Gasteiger partial charge in [-0.25, -0.2) is 0 Å². The van der Waals surface area contributed by atoms with Gasteiger partial charge in [0.15, 0.2) is 0 Å². The van der Waals surface area contributed by atoms with Gasteiger partial charge in [-0.3, -0.25) is 9.59 Å². The third-order valence-electron chi connectivity index (χ3n) is 5.31. The van der Waals surface area contributed by atoms with Crippen LogP contribution in [0.4, 0.5) is 0 Å². The molecule has 4 nitrogen and oxygen atoms in total. The van der Waals surface area contributed by atoms with Gasteiger partial charge in [0.05, 0.1) is 6.04 Å². The van der Waals surface area contributed by atoms with Gasteiger partial charge >= 0.3 is 0 Å². The van der Waals surface area contributed by atoms with Crippen molar-refractivity contribution >= 4 is 29.5 Å². The first-order valence-corrected chi connectivity index (χ1v) is 9.51. The van der Waals surface area contributed by atoms with Gasteiger partial charge in [-0.15, -0.1) is 0 Å². The van der Waals surface area contributed by atoms with E-state index in [0.717, 1.165) is 17.5 Å². The maximum atomic E-state index is 13.0. The number of hydrogen-bond donors (Lipinski definition) is 0. The molecule has 27 heavy (non-hydrogen) atoms. The number of amides is 2. The van der Waals surface area contributed by atoms with Crippen LogP contribution in [-0.2, 0) is 16.0 Å². The van der Waals surface area contributed by atoms with Crippen molar-refractivity contribution in [2.24, 2.45) is 0 Å². The van der Waals surface area contributed by atoms with Gasteiger partial charge in [0.1, 0.15) is 6.54 Å². The molecule has 0 radical (unpaired) electrons. The van der Waals surface area contributed by atoms with Crippen LogP contribution in [0.5, 0.6) is 0 Å². The summed E-state index contributed by atoms with van der Waals surface area (Å²) in [5, 5.41) is 0.659. The van der Waals surface area contributed by atoms with Crippen LogP contribution in [0.1, 0.15) is 29.7 Å². The number of piperazine rings is 1. The molecule has 0 aromatic heterocycles. The van der Waals surface area contributed by atoms with Gasteiger partial charge in [-0.05, 0) is 48.2 Å². The maximum absolute atomic E-state index is 13.0. The molecule has 2 amide bonds. The van der Waals surface area contributed by atoms with Crippen molar-refractivity contribution in [1.82, 2.24) is 9.80 Å². The summed E-state index contributed by atoms with van der Waals surface area (Å²) in [5.41, 5.74) is 3.87. The lowest BCUT2D eigenvalue weighted by Crippen LogP contribution is -2.55. The minimum absolute atomic E-state index is 0.00210. The van der Waals surface area contributed by atoms with Crippen LogP contribution in [0.3, 0.4) is 0 Å². The first-order chi connectivity index (χ1) is 13.0. The number of fused-ring (bicyclic) bond motifs is 3. The molecule has 4 rings (SSSR count). The van der Waals surface area contributed by atoms with E-state index < -0.39 is 0 Å². The van der Waals surface area contributed by atoms with Gasteiger partial charge < -0.3 is 9.80 Å². The van der Waals surface area contributed by atoms with E-state index in [0.29, 0.717) is 23.7 Å². The molecule has 1 saturated heterocycles. The van der Waals surface area contributed by atoms with E-state index in [9.17, 15) is 9.59 Å². The summed E-state index contributed by atoms with van der Waals surface area (Å²) < 4.78 is 0. The number of hydrogen-bond acceptors (Lipinski definition) is 2. The smallest absolute Gasteiger partial charge is 0.250 e. The lowest BCUT2D eigenvalue weighted by atomic mass is 9.90. The zero-order chi connectivity index (χ0) is 19.0. The Morgan fingerprint density at radius 3 is 2.74 bits per heavy atom. The Morgan fingerprint density at radius 1 is 1.19 bits per heavy atom. The largest absolute Gasteiger partial charge is 0.332 e. The number of halogens is 1. The molecule has 2 aromatic carbocycles. The average Bonchev–Trinajstić information content (AvgIpc) is 2.68. The predicted molar refractivity (Wildman–Crippen MR) is 106 cm³/mol. The van der Waals surface area contributed by atoms with Gasteiger partial charge in [-0.2, -0.15) is 0 Å². The number of benzene rings is 2. The highest BCUT2D eigenvalue weighted by molar-refractivity contribution is 6.30. The summed E-state index contributed by atoms with van der Waals surface area (Å²) >= 11 is 6.19. The molecular weight excluding hydrogens is 360 g/mol. The molecule has 138 valence electrons. The van der Waals surface area contributed by atoms with Crippen LogP contribution in [0.25, 0.3) is 6.08 Å². The average molecular weight is 381 g/mol. The summed E-state index contributed by atoms with van der Waals surface area (Å²) in [6, 6.07) is 15.5.